The minimum atomic E-state index is -0.0363. The Kier molecular flexibility index (Phi) is 2.29. The van der Waals surface area contributed by atoms with Crippen LogP contribution in [0, 0.1) is 0 Å². The van der Waals surface area contributed by atoms with Gasteiger partial charge in [-0.05, 0) is 31.9 Å². The van der Waals surface area contributed by atoms with Crippen LogP contribution in [-0.2, 0) is 10.3 Å². The molecule has 2 aromatic rings. The highest BCUT2D eigenvalue weighted by Gasteiger charge is 2.32. The van der Waals surface area contributed by atoms with E-state index in [2.05, 4.69) is 21.5 Å². The van der Waals surface area contributed by atoms with Gasteiger partial charge in [-0.25, -0.2) is 9.97 Å². The molecule has 0 saturated carbocycles. The van der Waals surface area contributed by atoms with Crippen LogP contribution >= 0.6 is 0 Å². The van der Waals surface area contributed by atoms with Crippen LogP contribution in [0.2, 0.25) is 0 Å². The molecule has 0 amide bonds. The minimum Gasteiger partial charge on any atom is -0.381 e. The maximum atomic E-state index is 6.04. The lowest BCUT2D eigenvalue weighted by Gasteiger charge is -2.35. The molecule has 0 atom stereocenters. The van der Waals surface area contributed by atoms with Crippen molar-refractivity contribution in [2.45, 2.75) is 25.3 Å². The van der Waals surface area contributed by atoms with Gasteiger partial charge < -0.3 is 10.5 Å². The third-order valence-electron chi connectivity index (χ3n) is 3.55. The van der Waals surface area contributed by atoms with Gasteiger partial charge in [0.15, 0.2) is 5.65 Å². The van der Waals surface area contributed by atoms with Crippen LogP contribution in [0.1, 0.15) is 19.8 Å². The van der Waals surface area contributed by atoms with Crippen LogP contribution in [0.4, 0.5) is 5.95 Å². The van der Waals surface area contributed by atoms with E-state index in [0.717, 1.165) is 37.2 Å². The summed E-state index contributed by atoms with van der Waals surface area (Å²) in [5.74, 6) is 0.545. The first kappa shape index (κ1) is 10.5. The van der Waals surface area contributed by atoms with E-state index in [1.807, 2.05) is 12.1 Å². The van der Waals surface area contributed by atoms with Crippen molar-refractivity contribution in [1.82, 2.24) is 14.5 Å². The predicted molar refractivity (Wildman–Crippen MR) is 65.6 cm³/mol. The zero-order chi connectivity index (χ0) is 11.9. The third kappa shape index (κ3) is 1.58. The fourth-order valence-electron chi connectivity index (χ4n) is 2.50. The van der Waals surface area contributed by atoms with Crippen molar-refractivity contribution in [3.8, 4) is 0 Å². The molecular weight excluding hydrogens is 216 g/mol. The molecule has 1 saturated heterocycles. The molecule has 0 aliphatic carbocycles. The molecule has 90 valence electrons. The fraction of sp³-hybridized carbons (Fsp3) is 0.500. The number of hydrogen-bond donors (Lipinski definition) is 1. The molecular formula is C12H16N4O. The summed E-state index contributed by atoms with van der Waals surface area (Å²) < 4.78 is 7.48. The van der Waals surface area contributed by atoms with Crippen molar-refractivity contribution in [3.05, 3.63) is 18.3 Å². The van der Waals surface area contributed by atoms with Crippen molar-refractivity contribution < 1.29 is 4.74 Å². The molecule has 0 bridgehead atoms. The Balaban J connectivity index is 2.18. The molecule has 0 radical (unpaired) electrons. The first-order valence-electron chi connectivity index (χ1n) is 5.88. The SMILES string of the molecule is CC1(n2c(N)nc3cccnc32)CCOCC1. The zero-order valence-corrected chi connectivity index (χ0v) is 9.89. The largest absolute Gasteiger partial charge is 0.381 e. The monoisotopic (exact) mass is 232 g/mol. The Morgan fingerprint density at radius 1 is 1.41 bits per heavy atom. The molecule has 2 N–H and O–H groups in total. The topological polar surface area (TPSA) is 66.0 Å². The summed E-state index contributed by atoms with van der Waals surface area (Å²) in [6.07, 6.45) is 3.67. The highest BCUT2D eigenvalue weighted by molar-refractivity contribution is 5.74. The maximum absolute atomic E-state index is 6.04. The van der Waals surface area contributed by atoms with Gasteiger partial charge in [0.25, 0.3) is 0 Å². The Bertz CT molecular complexity index is 542. The van der Waals surface area contributed by atoms with E-state index < -0.39 is 0 Å². The average Bonchev–Trinajstić information content (AvgIpc) is 2.66. The van der Waals surface area contributed by atoms with Crippen molar-refractivity contribution >= 4 is 17.1 Å². The summed E-state index contributed by atoms with van der Waals surface area (Å²) >= 11 is 0. The van der Waals surface area contributed by atoms with E-state index in [-0.39, 0.29) is 5.54 Å². The zero-order valence-electron chi connectivity index (χ0n) is 9.89. The quantitative estimate of drug-likeness (QED) is 0.810. The molecule has 1 fully saturated rings. The second kappa shape index (κ2) is 3.70. The van der Waals surface area contributed by atoms with Crippen molar-refractivity contribution in [1.29, 1.82) is 0 Å². The van der Waals surface area contributed by atoms with E-state index in [4.69, 9.17) is 10.5 Å². The summed E-state index contributed by atoms with van der Waals surface area (Å²) in [7, 11) is 0. The Hall–Kier alpha value is -1.62. The highest BCUT2D eigenvalue weighted by atomic mass is 16.5. The summed E-state index contributed by atoms with van der Waals surface area (Å²) in [5.41, 5.74) is 7.73. The predicted octanol–water partition coefficient (Wildman–Crippen LogP) is 1.54. The molecule has 1 aliphatic heterocycles. The molecule has 0 unspecified atom stereocenters. The van der Waals surface area contributed by atoms with Gasteiger partial charge >= 0.3 is 0 Å². The van der Waals surface area contributed by atoms with E-state index >= 15 is 0 Å². The number of pyridine rings is 1. The Morgan fingerprint density at radius 3 is 2.94 bits per heavy atom. The number of nitrogen functional groups attached to an aromatic ring is 1. The van der Waals surface area contributed by atoms with Crippen molar-refractivity contribution in [3.63, 3.8) is 0 Å². The number of nitrogens with zero attached hydrogens (tertiary/aromatic N) is 3. The molecule has 0 spiro atoms. The first-order chi connectivity index (χ1) is 8.21. The van der Waals surface area contributed by atoms with Gasteiger partial charge in [-0.2, -0.15) is 0 Å². The van der Waals surface area contributed by atoms with Gasteiger partial charge in [-0.1, -0.05) is 0 Å². The summed E-state index contributed by atoms with van der Waals surface area (Å²) in [5, 5.41) is 0. The lowest BCUT2D eigenvalue weighted by atomic mass is 9.92. The van der Waals surface area contributed by atoms with Crippen LogP contribution in [0.3, 0.4) is 0 Å². The second-order valence-electron chi connectivity index (χ2n) is 4.76. The summed E-state index contributed by atoms with van der Waals surface area (Å²) in [4.78, 5) is 8.77. The molecule has 3 rings (SSSR count). The molecule has 5 nitrogen and oxygen atoms in total. The maximum Gasteiger partial charge on any atom is 0.202 e. The van der Waals surface area contributed by atoms with Crippen LogP contribution in [-0.4, -0.2) is 27.7 Å². The summed E-state index contributed by atoms with van der Waals surface area (Å²) in [6.45, 7) is 3.73. The molecule has 2 aromatic heterocycles. The van der Waals surface area contributed by atoms with Crippen LogP contribution in [0.5, 0.6) is 0 Å². The van der Waals surface area contributed by atoms with E-state index in [9.17, 15) is 0 Å². The Morgan fingerprint density at radius 2 is 2.18 bits per heavy atom. The van der Waals surface area contributed by atoms with Crippen LogP contribution in [0.25, 0.3) is 11.2 Å². The molecule has 0 aromatic carbocycles. The van der Waals surface area contributed by atoms with Crippen LogP contribution < -0.4 is 5.73 Å². The number of rotatable bonds is 1. The average molecular weight is 232 g/mol. The van der Waals surface area contributed by atoms with E-state index in [1.165, 1.54) is 0 Å². The van der Waals surface area contributed by atoms with E-state index in [0.29, 0.717) is 5.95 Å². The number of imidazole rings is 1. The first-order valence-corrected chi connectivity index (χ1v) is 5.88. The second-order valence-corrected chi connectivity index (χ2v) is 4.76. The van der Waals surface area contributed by atoms with Gasteiger partial charge in [-0.3, -0.25) is 4.57 Å². The van der Waals surface area contributed by atoms with E-state index in [1.54, 1.807) is 6.20 Å². The third-order valence-corrected chi connectivity index (χ3v) is 3.55. The van der Waals surface area contributed by atoms with Gasteiger partial charge in [-0.15, -0.1) is 0 Å². The van der Waals surface area contributed by atoms with Gasteiger partial charge in [0.1, 0.15) is 5.52 Å². The standard InChI is InChI=1S/C12H16N4O/c1-12(4-7-17-8-5-12)16-10-9(15-11(16)13)3-2-6-14-10/h2-3,6H,4-5,7-8H2,1H3,(H2,13,15). The van der Waals surface area contributed by atoms with Gasteiger partial charge in [0.05, 0.1) is 5.54 Å². The summed E-state index contributed by atoms with van der Waals surface area (Å²) in [6, 6.07) is 3.82. The van der Waals surface area contributed by atoms with Crippen molar-refractivity contribution in [2.75, 3.05) is 18.9 Å². The number of fused-ring (bicyclic) bond motifs is 1. The molecule has 5 heteroatoms. The van der Waals surface area contributed by atoms with Crippen LogP contribution in [0.15, 0.2) is 18.3 Å². The fourth-order valence-corrected chi connectivity index (χ4v) is 2.50. The number of nitrogens with two attached hydrogens (primary N) is 1. The van der Waals surface area contributed by atoms with Gasteiger partial charge in [0.2, 0.25) is 5.95 Å². The highest BCUT2D eigenvalue weighted by Crippen LogP contribution is 2.33. The smallest absolute Gasteiger partial charge is 0.202 e. The minimum absolute atomic E-state index is 0.0363. The van der Waals surface area contributed by atoms with Gasteiger partial charge in [0, 0.05) is 19.4 Å². The molecule has 3 heterocycles. The number of anilines is 1. The number of ether oxygens (including phenoxy) is 1. The Labute approximate surface area is 99.6 Å². The normalized spacial score (nSPS) is 19.6. The molecule has 1 aliphatic rings. The van der Waals surface area contributed by atoms with Crippen molar-refractivity contribution in [2.24, 2.45) is 0 Å². The number of aromatic nitrogens is 3. The lowest BCUT2D eigenvalue weighted by Crippen LogP contribution is -2.37. The number of hydrogen-bond acceptors (Lipinski definition) is 4. The lowest BCUT2D eigenvalue weighted by molar-refractivity contribution is 0.0318. The molecule has 17 heavy (non-hydrogen) atoms.